The van der Waals surface area contributed by atoms with E-state index in [4.69, 9.17) is 10.1 Å². The van der Waals surface area contributed by atoms with Gasteiger partial charge in [0.25, 0.3) is 0 Å². The minimum atomic E-state index is 0.625. The molecule has 0 saturated carbocycles. The zero-order valence-electron chi connectivity index (χ0n) is 17.5. The molecule has 0 radical (unpaired) electrons. The molecule has 4 aromatic rings. The van der Waals surface area contributed by atoms with E-state index in [9.17, 15) is 0 Å². The Morgan fingerprint density at radius 1 is 0.935 bits per heavy atom. The molecule has 1 aliphatic rings. The van der Waals surface area contributed by atoms with Gasteiger partial charge in [0.2, 0.25) is 0 Å². The van der Waals surface area contributed by atoms with Crippen LogP contribution in [0.1, 0.15) is 18.4 Å². The molecule has 1 fully saturated rings. The molecule has 0 bridgehead atoms. The van der Waals surface area contributed by atoms with Gasteiger partial charge in [0, 0.05) is 42.5 Å². The Balaban J connectivity index is 1.05. The summed E-state index contributed by atoms with van der Waals surface area (Å²) in [5.41, 5.74) is 9.25. The largest absolute Gasteiger partial charge is 0.375 e. The van der Waals surface area contributed by atoms with E-state index in [0.717, 1.165) is 43.9 Å². The van der Waals surface area contributed by atoms with Gasteiger partial charge in [0.1, 0.15) is 5.82 Å². The lowest BCUT2D eigenvalue weighted by molar-refractivity contribution is 0.253. The molecular weight excluding hydrogens is 422 g/mol. The summed E-state index contributed by atoms with van der Waals surface area (Å²) in [5.74, 6) is 1.17. The molecule has 1 aliphatic heterocycles. The average Bonchev–Trinajstić information content (AvgIpc) is 3.44. The Morgan fingerprint density at radius 2 is 1.74 bits per heavy atom. The van der Waals surface area contributed by atoms with Gasteiger partial charge in [-0.2, -0.15) is 4.37 Å². The average molecular weight is 450 g/mol. The number of aromatic nitrogens is 2. The van der Waals surface area contributed by atoms with Crippen molar-refractivity contribution in [1.29, 1.82) is 0 Å². The molecule has 0 unspecified atom stereocenters. The first-order valence-corrected chi connectivity index (χ1v) is 12.5. The quantitative estimate of drug-likeness (QED) is 0.396. The van der Waals surface area contributed by atoms with E-state index >= 15 is 0 Å². The summed E-state index contributed by atoms with van der Waals surface area (Å²) >= 11 is 3.10. The molecule has 0 spiro atoms. The zero-order chi connectivity index (χ0) is 21.0. The number of thiazole rings is 1. The Bertz CT molecular complexity index is 1130. The molecular formula is C24H27N5S2. The van der Waals surface area contributed by atoms with Crippen molar-refractivity contribution in [3.63, 3.8) is 0 Å². The number of benzene rings is 2. The minimum absolute atomic E-state index is 0.625. The van der Waals surface area contributed by atoms with E-state index in [1.807, 2.05) is 5.38 Å². The first kappa shape index (κ1) is 20.4. The third-order valence-electron chi connectivity index (χ3n) is 5.99. The monoisotopic (exact) mass is 449 g/mol. The van der Waals surface area contributed by atoms with Crippen LogP contribution in [0, 0.1) is 0 Å². The molecule has 0 atom stereocenters. The van der Waals surface area contributed by atoms with Crippen LogP contribution in [0.5, 0.6) is 0 Å². The van der Waals surface area contributed by atoms with E-state index in [1.165, 1.54) is 52.2 Å². The van der Waals surface area contributed by atoms with Crippen LogP contribution in [-0.4, -0.2) is 47.0 Å². The molecule has 5 rings (SSSR count). The zero-order valence-corrected chi connectivity index (χ0v) is 19.2. The van der Waals surface area contributed by atoms with Crippen molar-refractivity contribution in [2.24, 2.45) is 0 Å². The molecule has 1 saturated heterocycles. The maximum Gasteiger partial charge on any atom is 0.180 e. The maximum atomic E-state index is 5.74. The van der Waals surface area contributed by atoms with Crippen LogP contribution in [0.15, 0.2) is 53.9 Å². The summed E-state index contributed by atoms with van der Waals surface area (Å²) in [6.07, 6.45) is 3.59. The number of unbranched alkanes of at least 4 members (excludes halogenated alkanes) is 1. The highest BCUT2D eigenvalue weighted by molar-refractivity contribution is 7.14. The first-order chi connectivity index (χ1) is 15.3. The van der Waals surface area contributed by atoms with E-state index in [2.05, 4.69) is 63.3 Å². The third-order valence-corrected chi connectivity index (χ3v) is 7.48. The summed E-state index contributed by atoms with van der Waals surface area (Å²) in [4.78, 5) is 9.41. The standard InChI is InChI=1S/C24H27N5S2/c25-24-26-21(17-30-24)19-10-8-18(9-11-19)5-3-4-12-28-13-15-29(16-14-28)23-20-6-1-2-7-22(20)31-27-23/h1-2,6-11,17H,3-5,12-16H2,(H2,25,26). The molecule has 2 aromatic heterocycles. The smallest absolute Gasteiger partial charge is 0.180 e. The van der Waals surface area contributed by atoms with Gasteiger partial charge in [-0.3, -0.25) is 4.90 Å². The van der Waals surface area contributed by atoms with Crippen molar-refractivity contribution < 1.29 is 0 Å². The lowest BCUT2D eigenvalue weighted by Gasteiger charge is -2.35. The fourth-order valence-electron chi connectivity index (χ4n) is 4.21. The van der Waals surface area contributed by atoms with Crippen molar-refractivity contribution in [2.75, 3.05) is 43.4 Å². The van der Waals surface area contributed by atoms with Crippen molar-refractivity contribution in [3.8, 4) is 11.3 Å². The van der Waals surface area contributed by atoms with Crippen molar-refractivity contribution in [3.05, 3.63) is 59.5 Å². The van der Waals surface area contributed by atoms with Gasteiger partial charge in [-0.1, -0.05) is 36.4 Å². The second-order valence-electron chi connectivity index (χ2n) is 8.06. The van der Waals surface area contributed by atoms with Gasteiger partial charge in [-0.05, 0) is 55.0 Å². The minimum Gasteiger partial charge on any atom is -0.375 e. The second-order valence-corrected chi connectivity index (χ2v) is 9.75. The van der Waals surface area contributed by atoms with Gasteiger partial charge in [0.15, 0.2) is 5.13 Å². The number of aryl methyl sites for hydroxylation is 1. The van der Waals surface area contributed by atoms with Crippen LogP contribution in [0.25, 0.3) is 21.3 Å². The predicted octanol–water partition coefficient (Wildman–Crippen LogP) is 5.15. The Labute approximate surface area is 191 Å². The van der Waals surface area contributed by atoms with E-state index in [0.29, 0.717) is 5.13 Å². The Morgan fingerprint density at radius 3 is 2.52 bits per heavy atom. The summed E-state index contributed by atoms with van der Waals surface area (Å²) in [7, 11) is 0. The molecule has 2 N–H and O–H groups in total. The summed E-state index contributed by atoms with van der Waals surface area (Å²) in [6, 6.07) is 17.3. The second kappa shape index (κ2) is 9.34. The normalized spacial score (nSPS) is 15.0. The van der Waals surface area contributed by atoms with E-state index < -0.39 is 0 Å². The highest BCUT2D eigenvalue weighted by Gasteiger charge is 2.20. The number of piperazine rings is 1. The number of fused-ring (bicyclic) bond motifs is 1. The molecule has 160 valence electrons. The van der Waals surface area contributed by atoms with Gasteiger partial charge in [0.05, 0.1) is 10.4 Å². The molecule has 0 aliphatic carbocycles. The highest BCUT2D eigenvalue weighted by Crippen LogP contribution is 2.30. The van der Waals surface area contributed by atoms with Crippen molar-refractivity contribution in [1.82, 2.24) is 14.3 Å². The third kappa shape index (κ3) is 4.74. The van der Waals surface area contributed by atoms with E-state index in [-0.39, 0.29) is 0 Å². The number of rotatable bonds is 7. The summed E-state index contributed by atoms with van der Waals surface area (Å²) in [5, 5.41) is 3.94. The molecule has 7 heteroatoms. The van der Waals surface area contributed by atoms with Crippen molar-refractivity contribution in [2.45, 2.75) is 19.3 Å². The van der Waals surface area contributed by atoms with Crippen molar-refractivity contribution >= 4 is 43.9 Å². The van der Waals surface area contributed by atoms with Crippen LogP contribution in [0.2, 0.25) is 0 Å². The number of nitrogens with zero attached hydrogens (tertiary/aromatic N) is 4. The number of anilines is 2. The van der Waals surface area contributed by atoms with Crippen LogP contribution < -0.4 is 10.6 Å². The summed E-state index contributed by atoms with van der Waals surface area (Å²) in [6.45, 7) is 5.56. The maximum absolute atomic E-state index is 5.74. The van der Waals surface area contributed by atoms with Crippen LogP contribution in [0.3, 0.4) is 0 Å². The molecule has 31 heavy (non-hydrogen) atoms. The fourth-order valence-corrected chi connectivity index (χ4v) is 5.58. The van der Waals surface area contributed by atoms with Gasteiger partial charge < -0.3 is 10.6 Å². The van der Waals surface area contributed by atoms with Gasteiger partial charge in [-0.15, -0.1) is 11.3 Å². The number of hydrogen-bond donors (Lipinski definition) is 1. The lowest BCUT2D eigenvalue weighted by Crippen LogP contribution is -2.46. The molecule has 5 nitrogen and oxygen atoms in total. The lowest BCUT2D eigenvalue weighted by atomic mass is 10.0. The SMILES string of the molecule is Nc1nc(-c2ccc(CCCCN3CCN(c4nsc5ccccc45)CC3)cc2)cs1. The first-order valence-electron chi connectivity index (χ1n) is 10.9. The molecule has 3 heterocycles. The van der Waals surface area contributed by atoms with Gasteiger partial charge >= 0.3 is 0 Å². The Hall–Kier alpha value is -2.48. The van der Waals surface area contributed by atoms with Crippen LogP contribution >= 0.6 is 22.9 Å². The number of nitrogens with two attached hydrogens (primary N) is 1. The van der Waals surface area contributed by atoms with E-state index in [1.54, 1.807) is 11.5 Å². The summed E-state index contributed by atoms with van der Waals surface area (Å²) < 4.78 is 6.00. The predicted molar refractivity (Wildman–Crippen MR) is 133 cm³/mol. The Kier molecular flexibility index (Phi) is 6.15. The number of hydrogen-bond acceptors (Lipinski definition) is 7. The topological polar surface area (TPSA) is 58.3 Å². The molecule has 0 amide bonds. The number of nitrogen functional groups attached to an aromatic ring is 1. The highest BCUT2D eigenvalue weighted by atomic mass is 32.1. The molecule has 2 aromatic carbocycles. The fraction of sp³-hybridized carbons (Fsp3) is 0.333. The van der Waals surface area contributed by atoms with Gasteiger partial charge in [-0.25, -0.2) is 4.98 Å². The van der Waals surface area contributed by atoms with Crippen LogP contribution in [0.4, 0.5) is 10.9 Å². The van der Waals surface area contributed by atoms with Crippen LogP contribution in [-0.2, 0) is 6.42 Å².